The van der Waals surface area contributed by atoms with Gasteiger partial charge in [-0.25, -0.2) is 0 Å². The molecule has 0 bridgehead atoms. The molecule has 132 valence electrons. The Balaban J connectivity index is 1.98. The maximum Gasteiger partial charge on any atom is 0.695 e. The molecule has 1 unspecified atom stereocenters. The van der Waals surface area contributed by atoms with Crippen molar-refractivity contribution in [3.8, 4) is 0 Å². The lowest BCUT2D eigenvalue weighted by molar-refractivity contribution is 0.0652. The van der Waals surface area contributed by atoms with Gasteiger partial charge in [0.25, 0.3) is 0 Å². The SMILES string of the molecule is O=[P+](O)OC(Cc1ccccc1)(Cc1ccccc1)Cc1ccccc1. The first-order chi connectivity index (χ1) is 12.7. The number of benzene rings is 3. The molecule has 0 radical (unpaired) electrons. The van der Waals surface area contributed by atoms with Gasteiger partial charge >= 0.3 is 8.25 Å². The monoisotopic (exact) mass is 365 g/mol. The number of hydrogen-bond acceptors (Lipinski definition) is 2. The highest BCUT2D eigenvalue weighted by Gasteiger charge is 2.41. The van der Waals surface area contributed by atoms with Crippen LogP contribution in [0.5, 0.6) is 0 Å². The first kappa shape index (κ1) is 18.5. The molecular formula is C22H22O3P+. The summed E-state index contributed by atoms with van der Waals surface area (Å²) in [6, 6.07) is 29.9. The maximum atomic E-state index is 11.7. The zero-order valence-corrected chi connectivity index (χ0v) is 15.4. The average Bonchev–Trinajstić information content (AvgIpc) is 2.63. The van der Waals surface area contributed by atoms with Gasteiger partial charge in [-0.1, -0.05) is 91.0 Å². The van der Waals surface area contributed by atoms with E-state index in [0.717, 1.165) is 16.7 Å². The van der Waals surface area contributed by atoms with Crippen molar-refractivity contribution < 1.29 is 14.0 Å². The first-order valence-electron chi connectivity index (χ1n) is 8.62. The molecule has 3 nitrogen and oxygen atoms in total. The molecule has 4 heteroatoms. The highest BCUT2D eigenvalue weighted by Crippen LogP contribution is 2.35. The highest BCUT2D eigenvalue weighted by molar-refractivity contribution is 7.32. The molecule has 0 saturated carbocycles. The van der Waals surface area contributed by atoms with Crippen LogP contribution in [0, 0.1) is 0 Å². The molecule has 0 heterocycles. The summed E-state index contributed by atoms with van der Waals surface area (Å²) >= 11 is 0. The largest absolute Gasteiger partial charge is 0.695 e. The van der Waals surface area contributed by atoms with Crippen molar-refractivity contribution >= 4 is 8.25 Å². The molecule has 0 aliphatic carbocycles. The fourth-order valence-electron chi connectivity index (χ4n) is 3.35. The van der Waals surface area contributed by atoms with E-state index in [1.807, 2.05) is 91.0 Å². The topological polar surface area (TPSA) is 46.5 Å². The van der Waals surface area contributed by atoms with E-state index >= 15 is 0 Å². The molecule has 1 atom stereocenters. The molecule has 0 fully saturated rings. The van der Waals surface area contributed by atoms with Crippen LogP contribution < -0.4 is 0 Å². The Labute approximate surface area is 155 Å². The summed E-state index contributed by atoms with van der Waals surface area (Å²) in [6.07, 6.45) is 1.66. The van der Waals surface area contributed by atoms with Gasteiger partial charge in [0.2, 0.25) is 0 Å². The smallest absolute Gasteiger partial charge is 0.133 e. The lowest BCUT2D eigenvalue weighted by Crippen LogP contribution is -2.38. The van der Waals surface area contributed by atoms with Crippen molar-refractivity contribution in [3.63, 3.8) is 0 Å². The zero-order valence-electron chi connectivity index (χ0n) is 14.5. The second-order valence-electron chi connectivity index (χ2n) is 6.50. The van der Waals surface area contributed by atoms with Gasteiger partial charge in [-0.2, -0.15) is 0 Å². The van der Waals surface area contributed by atoms with E-state index in [4.69, 9.17) is 4.52 Å². The van der Waals surface area contributed by atoms with E-state index in [2.05, 4.69) is 0 Å². The molecule has 0 spiro atoms. The van der Waals surface area contributed by atoms with Crippen LogP contribution in [0.25, 0.3) is 0 Å². The van der Waals surface area contributed by atoms with Crippen LogP contribution in [0.1, 0.15) is 16.7 Å². The number of rotatable bonds is 8. The van der Waals surface area contributed by atoms with Gasteiger partial charge in [-0.3, -0.25) is 0 Å². The standard InChI is InChI=1S/C22H21O3P/c23-26(24)25-22(16-19-10-4-1-5-11-19,17-20-12-6-2-7-13-20)18-21-14-8-3-9-15-21/h1-15H,16-18H2/p+1. The Morgan fingerprint density at radius 1 is 0.654 bits per heavy atom. The van der Waals surface area contributed by atoms with Crippen molar-refractivity contribution in [2.75, 3.05) is 0 Å². The fraction of sp³-hybridized carbons (Fsp3) is 0.182. The van der Waals surface area contributed by atoms with Crippen molar-refractivity contribution in [1.29, 1.82) is 0 Å². The molecular weight excluding hydrogens is 343 g/mol. The van der Waals surface area contributed by atoms with Gasteiger partial charge < -0.3 is 0 Å². The molecule has 0 aromatic heterocycles. The van der Waals surface area contributed by atoms with Gasteiger partial charge in [0.15, 0.2) is 0 Å². The van der Waals surface area contributed by atoms with Crippen LogP contribution in [0.3, 0.4) is 0 Å². The Kier molecular flexibility index (Phi) is 6.30. The lowest BCUT2D eigenvalue weighted by atomic mass is 9.83. The summed E-state index contributed by atoms with van der Waals surface area (Å²) in [4.78, 5) is 9.61. The third kappa shape index (κ3) is 5.34. The van der Waals surface area contributed by atoms with Crippen molar-refractivity contribution in [1.82, 2.24) is 0 Å². The Hall–Kier alpha value is -2.32. The van der Waals surface area contributed by atoms with E-state index in [-0.39, 0.29) is 0 Å². The van der Waals surface area contributed by atoms with Crippen LogP contribution in [0.4, 0.5) is 0 Å². The third-order valence-electron chi connectivity index (χ3n) is 4.38. The van der Waals surface area contributed by atoms with E-state index in [9.17, 15) is 9.46 Å². The van der Waals surface area contributed by atoms with Gasteiger partial charge in [-0.15, -0.1) is 9.42 Å². The summed E-state index contributed by atoms with van der Waals surface area (Å²) in [6.45, 7) is 0. The average molecular weight is 365 g/mol. The minimum atomic E-state index is -2.73. The predicted octanol–water partition coefficient (Wildman–Crippen LogP) is 5.12. The molecule has 0 aliphatic rings. The first-order valence-corrected chi connectivity index (χ1v) is 9.75. The molecule has 0 saturated heterocycles. The summed E-state index contributed by atoms with van der Waals surface area (Å²) in [5, 5.41) is 0. The fourth-order valence-corrected chi connectivity index (χ4v) is 3.88. The minimum Gasteiger partial charge on any atom is -0.133 e. The van der Waals surface area contributed by atoms with E-state index in [1.165, 1.54) is 0 Å². The van der Waals surface area contributed by atoms with Gasteiger partial charge in [-0.05, 0) is 16.7 Å². The van der Waals surface area contributed by atoms with Crippen LogP contribution in [-0.2, 0) is 28.4 Å². The Morgan fingerprint density at radius 3 is 1.23 bits per heavy atom. The molecule has 0 aliphatic heterocycles. The van der Waals surface area contributed by atoms with Gasteiger partial charge in [0.1, 0.15) is 5.60 Å². The van der Waals surface area contributed by atoms with Gasteiger partial charge in [0, 0.05) is 23.8 Å². The predicted molar refractivity (Wildman–Crippen MR) is 104 cm³/mol. The summed E-state index contributed by atoms with van der Waals surface area (Å²) in [5.74, 6) is 0. The lowest BCUT2D eigenvalue weighted by Gasteiger charge is -2.28. The van der Waals surface area contributed by atoms with Crippen molar-refractivity contribution in [2.24, 2.45) is 0 Å². The van der Waals surface area contributed by atoms with Gasteiger partial charge in [0.05, 0.1) is 0 Å². The molecule has 3 aromatic rings. The normalized spacial score (nSPS) is 12.0. The van der Waals surface area contributed by atoms with E-state index in [1.54, 1.807) is 0 Å². The van der Waals surface area contributed by atoms with E-state index in [0.29, 0.717) is 19.3 Å². The minimum absolute atomic E-state index is 0.555. The molecule has 3 aromatic carbocycles. The van der Waals surface area contributed by atoms with Crippen molar-refractivity contribution in [2.45, 2.75) is 24.9 Å². The molecule has 0 amide bonds. The molecule has 3 rings (SSSR count). The van der Waals surface area contributed by atoms with Crippen LogP contribution in [0.15, 0.2) is 91.0 Å². The van der Waals surface area contributed by atoms with Crippen LogP contribution in [0.2, 0.25) is 0 Å². The highest BCUT2D eigenvalue weighted by atomic mass is 31.1. The molecule has 26 heavy (non-hydrogen) atoms. The van der Waals surface area contributed by atoms with Crippen molar-refractivity contribution in [3.05, 3.63) is 108 Å². The zero-order chi connectivity index (χ0) is 18.2. The summed E-state index contributed by atoms with van der Waals surface area (Å²) in [5.41, 5.74) is 2.44. The Morgan fingerprint density at radius 2 is 0.962 bits per heavy atom. The third-order valence-corrected chi connectivity index (χ3v) is 4.92. The van der Waals surface area contributed by atoms with E-state index < -0.39 is 13.9 Å². The second kappa shape index (κ2) is 8.86. The van der Waals surface area contributed by atoms with Crippen LogP contribution in [-0.4, -0.2) is 10.5 Å². The summed E-state index contributed by atoms with van der Waals surface area (Å²) < 4.78 is 17.4. The summed E-state index contributed by atoms with van der Waals surface area (Å²) in [7, 11) is -2.73. The quantitative estimate of drug-likeness (QED) is 0.564. The molecule has 1 N–H and O–H groups in total. The van der Waals surface area contributed by atoms with Crippen LogP contribution >= 0.6 is 8.25 Å². The maximum absolute atomic E-state index is 11.7. The second-order valence-corrected chi connectivity index (χ2v) is 7.16. The Bertz CT molecular complexity index is 718. The number of hydrogen-bond donors (Lipinski definition) is 1.